The Balaban J connectivity index is 2.13. The predicted molar refractivity (Wildman–Crippen MR) is 86.9 cm³/mol. The number of halogens is 3. The lowest BCUT2D eigenvalue weighted by Crippen LogP contribution is -2.04. The van der Waals surface area contributed by atoms with Gasteiger partial charge < -0.3 is 10.1 Å². The van der Waals surface area contributed by atoms with Crippen LogP contribution in [0, 0.1) is 5.82 Å². The Kier molecular flexibility index (Phi) is 5.36. The number of carbonyl (C=O) groups is 1. The van der Waals surface area contributed by atoms with Crippen LogP contribution in [0.5, 0.6) is 0 Å². The van der Waals surface area contributed by atoms with Crippen molar-refractivity contribution in [3.05, 3.63) is 62.3 Å². The topological polar surface area (TPSA) is 38.3 Å². The molecule has 0 radical (unpaired) electrons. The highest BCUT2D eigenvalue weighted by Gasteiger charge is 2.09. The number of hydrogen-bond acceptors (Lipinski definition) is 3. The molecule has 0 unspecified atom stereocenters. The third kappa shape index (κ3) is 4.04. The standard InChI is InChI=1S/C15H12Br2FNO2/c1-21-15(20)9-2-3-10(13(17)6-9)8-19-14-7-11(18)4-5-12(14)16/h2-7,19H,8H2,1H3. The van der Waals surface area contributed by atoms with Crippen LogP contribution in [0.2, 0.25) is 0 Å². The van der Waals surface area contributed by atoms with Crippen LogP contribution in [-0.2, 0) is 11.3 Å². The van der Waals surface area contributed by atoms with E-state index in [0.717, 1.165) is 14.5 Å². The van der Waals surface area contributed by atoms with Gasteiger partial charge in [0.05, 0.1) is 18.4 Å². The smallest absolute Gasteiger partial charge is 0.337 e. The molecule has 0 amide bonds. The van der Waals surface area contributed by atoms with Gasteiger partial charge in [-0.3, -0.25) is 0 Å². The van der Waals surface area contributed by atoms with Gasteiger partial charge in [0.1, 0.15) is 5.82 Å². The van der Waals surface area contributed by atoms with Crippen LogP contribution in [-0.4, -0.2) is 13.1 Å². The van der Waals surface area contributed by atoms with Crippen molar-refractivity contribution in [2.75, 3.05) is 12.4 Å². The summed E-state index contributed by atoms with van der Waals surface area (Å²) in [4.78, 5) is 11.4. The van der Waals surface area contributed by atoms with Gasteiger partial charge in [-0.2, -0.15) is 0 Å². The first-order chi connectivity index (χ1) is 10.0. The summed E-state index contributed by atoms with van der Waals surface area (Å²) < 4.78 is 19.4. The summed E-state index contributed by atoms with van der Waals surface area (Å²) >= 11 is 6.78. The molecule has 0 bridgehead atoms. The molecule has 0 saturated heterocycles. The first kappa shape index (κ1) is 16.0. The zero-order valence-electron chi connectivity index (χ0n) is 11.1. The number of methoxy groups -OCH3 is 1. The predicted octanol–water partition coefficient (Wildman–Crippen LogP) is 4.75. The van der Waals surface area contributed by atoms with Crippen molar-refractivity contribution in [1.29, 1.82) is 0 Å². The fraction of sp³-hybridized carbons (Fsp3) is 0.133. The summed E-state index contributed by atoms with van der Waals surface area (Å²) in [7, 11) is 1.34. The second-order valence-corrected chi connectivity index (χ2v) is 5.98. The molecule has 0 aromatic heterocycles. The van der Waals surface area contributed by atoms with Crippen molar-refractivity contribution in [3.63, 3.8) is 0 Å². The third-order valence-electron chi connectivity index (χ3n) is 2.87. The number of hydrogen-bond donors (Lipinski definition) is 1. The largest absolute Gasteiger partial charge is 0.465 e. The van der Waals surface area contributed by atoms with Crippen molar-refractivity contribution in [2.45, 2.75) is 6.54 Å². The van der Waals surface area contributed by atoms with Crippen molar-refractivity contribution in [3.8, 4) is 0 Å². The minimum Gasteiger partial charge on any atom is -0.465 e. The van der Waals surface area contributed by atoms with Gasteiger partial charge in [0.25, 0.3) is 0 Å². The molecule has 0 aliphatic rings. The second kappa shape index (κ2) is 7.04. The molecule has 3 nitrogen and oxygen atoms in total. The molecule has 1 N–H and O–H groups in total. The van der Waals surface area contributed by atoms with Crippen LogP contribution in [0.1, 0.15) is 15.9 Å². The fourth-order valence-corrected chi connectivity index (χ4v) is 2.66. The molecule has 2 rings (SSSR count). The van der Waals surface area contributed by atoms with Gasteiger partial charge in [-0.05, 0) is 51.8 Å². The normalized spacial score (nSPS) is 10.3. The highest BCUT2D eigenvalue weighted by molar-refractivity contribution is 9.11. The van der Waals surface area contributed by atoms with Crippen LogP contribution < -0.4 is 5.32 Å². The Morgan fingerprint density at radius 1 is 1.19 bits per heavy atom. The Bertz CT molecular complexity index is 677. The van der Waals surface area contributed by atoms with Crippen LogP contribution in [0.15, 0.2) is 45.3 Å². The summed E-state index contributed by atoms with van der Waals surface area (Å²) in [6, 6.07) is 9.65. The minimum atomic E-state index is -0.386. The molecule has 0 heterocycles. The van der Waals surface area contributed by atoms with Gasteiger partial charge in [0.2, 0.25) is 0 Å². The molecule has 110 valence electrons. The molecular weight excluding hydrogens is 405 g/mol. The van der Waals surface area contributed by atoms with Gasteiger partial charge in [0, 0.05) is 15.5 Å². The number of rotatable bonds is 4. The minimum absolute atomic E-state index is 0.305. The van der Waals surface area contributed by atoms with Gasteiger partial charge in [-0.15, -0.1) is 0 Å². The lowest BCUT2D eigenvalue weighted by Gasteiger charge is -2.11. The zero-order chi connectivity index (χ0) is 15.4. The van der Waals surface area contributed by atoms with E-state index in [4.69, 9.17) is 0 Å². The Morgan fingerprint density at radius 3 is 2.62 bits per heavy atom. The zero-order valence-corrected chi connectivity index (χ0v) is 14.3. The maximum absolute atomic E-state index is 13.2. The fourth-order valence-electron chi connectivity index (χ4n) is 1.76. The van der Waals surface area contributed by atoms with Gasteiger partial charge in [0.15, 0.2) is 0 Å². The van der Waals surface area contributed by atoms with Gasteiger partial charge in [-0.25, -0.2) is 9.18 Å². The highest BCUT2D eigenvalue weighted by Crippen LogP contribution is 2.25. The number of carbonyl (C=O) groups excluding carboxylic acids is 1. The molecule has 21 heavy (non-hydrogen) atoms. The quantitative estimate of drug-likeness (QED) is 0.731. The second-order valence-electron chi connectivity index (χ2n) is 4.28. The SMILES string of the molecule is COC(=O)c1ccc(CNc2cc(F)ccc2Br)c(Br)c1. The summed E-state index contributed by atoms with van der Waals surface area (Å²) in [5, 5.41) is 3.14. The molecule has 0 fully saturated rings. The first-order valence-corrected chi connectivity index (χ1v) is 7.65. The summed E-state index contributed by atoms with van der Waals surface area (Å²) in [5.41, 5.74) is 2.08. The molecule has 0 spiro atoms. The van der Waals surface area contributed by atoms with Crippen LogP contribution in [0.4, 0.5) is 10.1 Å². The third-order valence-corrected chi connectivity index (χ3v) is 4.30. The lowest BCUT2D eigenvalue weighted by atomic mass is 10.1. The van der Waals surface area contributed by atoms with Crippen LogP contribution >= 0.6 is 31.9 Å². The lowest BCUT2D eigenvalue weighted by molar-refractivity contribution is 0.0600. The monoisotopic (exact) mass is 415 g/mol. The van der Waals surface area contributed by atoms with Gasteiger partial charge in [-0.1, -0.05) is 22.0 Å². The molecule has 0 atom stereocenters. The van der Waals surface area contributed by atoms with Crippen LogP contribution in [0.25, 0.3) is 0 Å². The van der Waals surface area contributed by atoms with E-state index in [1.807, 2.05) is 6.07 Å². The Labute approximate surface area is 138 Å². The molecule has 6 heteroatoms. The Morgan fingerprint density at radius 2 is 1.95 bits per heavy atom. The number of nitrogens with one attached hydrogen (secondary N) is 1. The van der Waals surface area contributed by atoms with Crippen molar-refractivity contribution in [2.24, 2.45) is 0 Å². The number of esters is 1. The first-order valence-electron chi connectivity index (χ1n) is 6.07. The average molecular weight is 417 g/mol. The maximum Gasteiger partial charge on any atom is 0.337 e. The van der Waals surface area contributed by atoms with E-state index in [-0.39, 0.29) is 11.8 Å². The summed E-state index contributed by atoms with van der Waals surface area (Å²) in [5.74, 6) is -0.691. The van der Waals surface area contributed by atoms with E-state index in [1.165, 1.54) is 19.2 Å². The highest BCUT2D eigenvalue weighted by atomic mass is 79.9. The molecule has 0 aliphatic heterocycles. The number of ether oxygens (including phenoxy) is 1. The summed E-state index contributed by atoms with van der Waals surface area (Å²) in [6.07, 6.45) is 0. The van der Waals surface area contributed by atoms with E-state index in [0.29, 0.717) is 17.8 Å². The van der Waals surface area contributed by atoms with Crippen molar-refractivity contribution >= 4 is 43.5 Å². The van der Waals surface area contributed by atoms with Crippen molar-refractivity contribution < 1.29 is 13.9 Å². The van der Waals surface area contributed by atoms with E-state index in [9.17, 15) is 9.18 Å². The van der Waals surface area contributed by atoms with Crippen LogP contribution in [0.3, 0.4) is 0 Å². The average Bonchev–Trinajstić information content (AvgIpc) is 2.48. The van der Waals surface area contributed by atoms with Crippen molar-refractivity contribution in [1.82, 2.24) is 0 Å². The molecular formula is C15H12Br2FNO2. The van der Waals surface area contributed by atoms with Gasteiger partial charge >= 0.3 is 5.97 Å². The molecule has 0 saturated carbocycles. The maximum atomic E-state index is 13.2. The molecule has 2 aromatic carbocycles. The van der Waals surface area contributed by atoms with E-state index < -0.39 is 0 Å². The van der Waals surface area contributed by atoms with E-state index in [2.05, 4.69) is 41.9 Å². The van der Waals surface area contributed by atoms with E-state index >= 15 is 0 Å². The molecule has 2 aromatic rings. The van der Waals surface area contributed by atoms with E-state index in [1.54, 1.807) is 18.2 Å². The number of benzene rings is 2. The molecule has 0 aliphatic carbocycles. The number of anilines is 1. The Hall–Kier alpha value is -1.40. The summed E-state index contributed by atoms with van der Waals surface area (Å²) in [6.45, 7) is 0.490.